The molecule has 0 saturated heterocycles. The molecule has 0 spiro atoms. The quantitative estimate of drug-likeness (QED) is 0.761. The predicted octanol–water partition coefficient (Wildman–Crippen LogP) is 3.14. The summed E-state index contributed by atoms with van der Waals surface area (Å²) in [6.07, 6.45) is -10.2. The molecule has 0 amide bonds. The molecule has 24 heavy (non-hydrogen) atoms. The molecule has 1 aromatic carbocycles. The number of hydrogen-bond donors (Lipinski definition) is 2. The van der Waals surface area contributed by atoms with Crippen LogP contribution in [-0.2, 0) is 0 Å². The third-order valence-corrected chi connectivity index (χ3v) is 3.65. The Morgan fingerprint density at radius 1 is 1.21 bits per heavy atom. The van der Waals surface area contributed by atoms with E-state index in [0.717, 1.165) is 11.0 Å². The largest absolute Gasteiger partial charge is 0.489 e. The zero-order valence-corrected chi connectivity index (χ0v) is 12.0. The number of anilines is 2. The number of alkyl halides is 6. The maximum Gasteiger partial charge on any atom is 0.416 e. The molecule has 1 aromatic rings. The Balaban J connectivity index is 2.08. The molecular formula is C14H12F6N2O2. The molecule has 0 radical (unpaired) electrons. The van der Waals surface area contributed by atoms with Crippen LogP contribution in [0.5, 0.6) is 5.75 Å². The maximum atomic E-state index is 13.2. The lowest BCUT2D eigenvalue weighted by Crippen LogP contribution is -2.40. The van der Waals surface area contributed by atoms with Gasteiger partial charge >= 0.3 is 12.4 Å². The average molecular weight is 354 g/mol. The molecule has 2 heterocycles. The number of aliphatic hydroxyl groups excluding tert-OH is 1. The van der Waals surface area contributed by atoms with E-state index >= 15 is 0 Å². The molecule has 0 aromatic heterocycles. The van der Waals surface area contributed by atoms with E-state index in [9.17, 15) is 31.4 Å². The Bertz CT molecular complexity index is 683. The van der Waals surface area contributed by atoms with E-state index in [1.165, 1.54) is 6.07 Å². The van der Waals surface area contributed by atoms with Crippen molar-refractivity contribution < 1.29 is 36.2 Å². The highest BCUT2D eigenvalue weighted by atomic mass is 19.4. The molecule has 1 unspecified atom stereocenters. The van der Waals surface area contributed by atoms with Crippen LogP contribution >= 0.6 is 0 Å². The first-order chi connectivity index (χ1) is 11.0. The third-order valence-electron chi connectivity index (χ3n) is 3.65. The zero-order valence-electron chi connectivity index (χ0n) is 12.0. The molecular weight excluding hydrogens is 342 g/mol. The molecule has 4 nitrogen and oxygen atoms in total. The average Bonchev–Trinajstić information content (AvgIpc) is 2.42. The fraction of sp³-hybridized carbons (Fsp3) is 0.429. The first kappa shape index (κ1) is 16.7. The SMILES string of the molecule is OC1C=C(C(F)(F)F)c2cc3c(cc2N1)OCCN3CC(F)(F)F. The summed E-state index contributed by atoms with van der Waals surface area (Å²) in [6, 6.07) is 2.18. The van der Waals surface area contributed by atoms with Gasteiger partial charge in [0.2, 0.25) is 0 Å². The van der Waals surface area contributed by atoms with Gasteiger partial charge in [-0.15, -0.1) is 0 Å². The van der Waals surface area contributed by atoms with Gasteiger partial charge in [-0.25, -0.2) is 0 Å². The van der Waals surface area contributed by atoms with Crippen LogP contribution in [0.4, 0.5) is 37.7 Å². The zero-order chi connectivity index (χ0) is 17.7. The van der Waals surface area contributed by atoms with Crippen LogP contribution in [0.25, 0.3) is 5.57 Å². The minimum atomic E-state index is -4.75. The Hall–Kier alpha value is -2.10. The van der Waals surface area contributed by atoms with Crippen LogP contribution in [0.3, 0.4) is 0 Å². The lowest BCUT2D eigenvalue weighted by molar-refractivity contribution is -0.120. The van der Waals surface area contributed by atoms with Crippen molar-refractivity contribution in [3.05, 3.63) is 23.8 Å². The van der Waals surface area contributed by atoms with Crippen molar-refractivity contribution in [1.82, 2.24) is 0 Å². The summed E-state index contributed by atoms with van der Waals surface area (Å²) < 4.78 is 82.8. The smallest absolute Gasteiger partial charge is 0.416 e. The Morgan fingerprint density at radius 2 is 1.92 bits per heavy atom. The van der Waals surface area contributed by atoms with E-state index in [2.05, 4.69) is 5.32 Å². The maximum absolute atomic E-state index is 13.2. The lowest BCUT2D eigenvalue weighted by Gasteiger charge is -2.34. The number of rotatable bonds is 1. The first-order valence-corrected chi connectivity index (χ1v) is 6.91. The summed E-state index contributed by atoms with van der Waals surface area (Å²) in [5.41, 5.74) is -1.55. The van der Waals surface area contributed by atoms with Crippen LogP contribution in [0, 0.1) is 0 Å². The normalized spacial score (nSPS) is 20.5. The molecule has 10 heteroatoms. The second-order valence-electron chi connectivity index (χ2n) is 5.42. The van der Waals surface area contributed by atoms with Crippen LogP contribution in [0.15, 0.2) is 18.2 Å². The number of nitrogens with one attached hydrogen (secondary N) is 1. The summed E-state index contributed by atoms with van der Waals surface area (Å²) >= 11 is 0. The van der Waals surface area contributed by atoms with Crippen LogP contribution in [-0.4, -0.2) is 43.4 Å². The van der Waals surface area contributed by atoms with Crippen LogP contribution in [0.1, 0.15) is 5.56 Å². The number of nitrogens with zero attached hydrogens (tertiary/aromatic N) is 1. The number of benzene rings is 1. The van der Waals surface area contributed by atoms with Crippen LogP contribution in [0.2, 0.25) is 0 Å². The fourth-order valence-corrected chi connectivity index (χ4v) is 2.74. The van der Waals surface area contributed by atoms with Crippen molar-refractivity contribution in [2.24, 2.45) is 0 Å². The Labute approximate surface area is 132 Å². The van der Waals surface area contributed by atoms with Crippen molar-refractivity contribution in [3.63, 3.8) is 0 Å². The van der Waals surface area contributed by atoms with Gasteiger partial charge in [0, 0.05) is 17.3 Å². The van der Waals surface area contributed by atoms with Crippen molar-refractivity contribution in [2.45, 2.75) is 18.6 Å². The van der Waals surface area contributed by atoms with Gasteiger partial charge in [-0.05, 0) is 12.1 Å². The highest BCUT2D eigenvalue weighted by molar-refractivity contribution is 5.86. The van der Waals surface area contributed by atoms with E-state index in [1.54, 1.807) is 0 Å². The molecule has 2 N–H and O–H groups in total. The summed E-state index contributed by atoms with van der Waals surface area (Å²) in [4.78, 5) is 0.929. The van der Waals surface area contributed by atoms with Crippen molar-refractivity contribution in [3.8, 4) is 5.75 Å². The van der Waals surface area contributed by atoms with E-state index in [0.29, 0.717) is 6.08 Å². The molecule has 0 aliphatic carbocycles. The van der Waals surface area contributed by atoms with Gasteiger partial charge in [0.15, 0.2) is 0 Å². The monoisotopic (exact) mass is 354 g/mol. The molecule has 1 atom stereocenters. The van der Waals surface area contributed by atoms with Gasteiger partial charge in [0.1, 0.15) is 25.1 Å². The highest BCUT2D eigenvalue weighted by Crippen LogP contribution is 2.46. The molecule has 2 aliphatic heterocycles. The van der Waals surface area contributed by atoms with Gasteiger partial charge in [-0.3, -0.25) is 0 Å². The molecule has 0 saturated carbocycles. The van der Waals surface area contributed by atoms with Gasteiger partial charge in [0.25, 0.3) is 0 Å². The molecule has 3 rings (SSSR count). The lowest BCUT2D eigenvalue weighted by atomic mass is 9.97. The number of ether oxygens (including phenoxy) is 1. The van der Waals surface area contributed by atoms with Gasteiger partial charge in [0.05, 0.1) is 17.8 Å². The number of halogens is 6. The number of allylic oxidation sites excluding steroid dienone is 1. The van der Waals surface area contributed by atoms with E-state index < -0.39 is 30.7 Å². The molecule has 0 bridgehead atoms. The Kier molecular flexibility index (Phi) is 3.82. The molecule has 2 aliphatic rings. The van der Waals surface area contributed by atoms with Crippen molar-refractivity contribution in [1.29, 1.82) is 0 Å². The fourth-order valence-electron chi connectivity index (χ4n) is 2.74. The number of aliphatic hydroxyl groups is 1. The van der Waals surface area contributed by atoms with E-state index in [-0.39, 0.29) is 35.8 Å². The van der Waals surface area contributed by atoms with E-state index in [1.807, 2.05) is 0 Å². The third kappa shape index (κ3) is 3.23. The number of fused-ring (bicyclic) bond motifs is 2. The summed E-state index contributed by atoms with van der Waals surface area (Å²) in [5, 5.41) is 11.9. The van der Waals surface area contributed by atoms with Crippen molar-refractivity contribution in [2.75, 3.05) is 29.9 Å². The van der Waals surface area contributed by atoms with Gasteiger partial charge in [-0.2, -0.15) is 26.3 Å². The summed E-state index contributed by atoms with van der Waals surface area (Å²) in [6.45, 7) is -1.40. The standard InChI is InChI=1S/C14H12F6N2O2/c15-13(16,17)6-22-1-2-24-11-5-9-7(3-10(11)22)8(14(18,19)20)4-12(23)21-9/h3-5,12,21,23H,1-2,6H2. The second-order valence-corrected chi connectivity index (χ2v) is 5.42. The van der Waals surface area contributed by atoms with Crippen molar-refractivity contribution >= 4 is 16.9 Å². The van der Waals surface area contributed by atoms with E-state index in [4.69, 9.17) is 4.74 Å². The minimum Gasteiger partial charge on any atom is -0.489 e. The van der Waals surface area contributed by atoms with Gasteiger partial charge < -0.3 is 20.1 Å². The molecule has 132 valence electrons. The minimum absolute atomic E-state index is 0.0214. The van der Waals surface area contributed by atoms with Crippen LogP contribution < -0.4 is 15.0 Å². The summed E-state index contributed by atoms with van der Waals surface area (Å²) in [7, 11) is 0. The summed E-state index contributed by atoms with van der Waals surface area (Å²) in [5.74, 6) is 0.0346. The first-order valence-electron chi connectivity index (χ1n) is 6.91. The molecule has 0 fully saturated rings. The Morgan fingerprint density at radius 3 is 2.54 bits per heavy atom. The van der Waals surface area contributed by atoms with Gasteiger partial charge in [-0.1, -0.05) is 0 Å². The number of hydrogen-bond acceptors (Lipinski definition) is 4. The highest BCUT2D eigenvalue weighted by Gasteiger charge is 2.40. The second kappa shape index (κ2) is 5.47. The topological polar surface area (TPSA) is 44.7 Å². The predicted molar refractivity (Wildman–Crippen MR) is 73.9 cm³/mol.